The Kier molecular flexibility index (Phi) is 12.8. The second-order valence-corrected chi connectivity index (χ2v) is 17.2. The summed E-state index contributed by atoms with van der Waals surface area (Å²) in [5.74, 6) is -0.00752. The van der Waals surface area contributed by atoms with E-state index in [1.807, 2.05) is 25.1 Å². The van der Waals surface area contributed by atoms with Crippen molar-refractivity contribution in [3.05, 3.63) is 70.3 Å². The number of allylic oxidation sites excluding steroid dienone is 1. The summed E-state index contributed by atoms with van der Waals surface area (Å²) in [6.45, 7) is 6.52. The summed E-state index contributed by atoms with van der Waals surface area (Å²) in [6, 6.07) is 11.6. The Labute approximate surface area is 307 Å². The molecular weight excluding hydrogens is 690 g/mol. The molecule has 0 radical (unpaired) electrons. The molecule has 3 heterocycles. The van der Waals surface area contributed by atoms with Gasteiger partial charge >= 0.3 is 0 Å². The van der Waals surface area contributed by atoms with Gasteiger partial charge in [0.15, 0.2) is 11.6 Å². The number of rotatable bonds is 5. The molecular formula is C39H53ClN3O7S+. The maximum atomic E-state index is 14.7. The number of ether oxygens (including phenoxy) is 4. The van der Waals surface area contributed by atoms with Crippen molar-refractivity contribution in [2.45, 2.75) is 89.2 Å². The van der Waals surface area contributed by atoms with E-state index in [9.17, 15) is 13.8 Å². The van der Waals surface area contributed by atoms with Gasteiger partial charge in [-0.1, -0.05) is 25.1 Å². The van der Waals surface area contributed by atoms with Gasteiger partial charge in [0.05, 0.1) is 29.8 Å². The van der Waals surface area contributed by atoms with Crippen molar-refractivity contribution >= 4 is 27.4 Å². The van der Waals surface area contributed by atoms with Gasteiger partial charge in [-0.05, 0) is 105 Å². The molecule has 1 unspecified atom stereocenters. The molecule has 2 aromatic rings. The SMILES string of the molecule is CO[C@H]1/C=C/C[C@H](C)[C@@H](C)S(=O)(NC(=O)COC2CCOCC2)=NC(=O)c2ccc3c(c2)N(Cc2ccc([ClH+])cc2CCCCO3)C[C@@H]2CC[C@H]21. The summed E-state index contributed by atoms with van der Waals surface area (Å²) in [7, 11) is -1.82. The summed E-state index contributed by atoms with van der Waals surface area (Å²) in [5, 5.41) is 0.181. The standard InChI is InChI=1S/C39H52ClN3O7S/c1-26-7-6-9-36(47-3)34-14-11-31(34)24-43-23-30-10-13-32(40)21-28(30)8-4-5-18-49-37-15-12-29(22-35(37)43)39(45)42-51(46,27(26)2)41-38(44)25-50-33-16-19-48-20-17-33/h6,9-10,12-13,15,21-22,26-27,31,33-34,36,40H,4-5,7-8,11,14,16-20,23-25H2,1-3H3/p+1/b9-6+/t26-,27+,31-,34+,36-,51?/m0/s1. The largest absolute Gasteiger partial charge is 0.491 e. The van der Waals surface area contributed by atoms with E-state index < -0.39 is 27.0 Å². The van der Waals surface area contributed by atoms with E-state index in [0.29, 0.717) is 63.2 Å². The van der Waals surface area contributed by atoms with Crippen LogP contribution in [0.15, 0.2) is 52.9 Å². The molecule has 278 valence electrons. The number of methoxy groups -OCH3 is 1. The van der Waals surface area contributed by atoms with Gasteiger partial charge in [0.1, 0.15) is 22.3 Å². The fourth-order valence-corrected chi connectivity index (χ4v) is 9.62. The van der Waals surface area contributed by atoms with Crippen molar-refractivity contribution < 1.29 is 44.3 Å². The molecule has 10 nitrogen and oxygen atoms in total. The molecule has 2 aromatic carbocycles. The fraction of sp³-hybridized carbons (Fsp3) is 0.590. The van der Waals surface area contributed by atoms with Crippen LogP contribution in [0.25, 0.3) is 0 Å². The van der Waals surface area contributed by atoms with Gasteiger partial charge in [-0.25, -0.2) is 4.21 Å². The van der Waals surface area contributed by atoms with Gasteiger partial charge < -0.3 is 23.8 Å². The van der Waals surface area contributed by atoms with Crippen molar-refractivity contribution in [2.24, 2.45) is 22.1 Å². The third-order valence-electron chi connectivity index (χ3n) is 11.0. The smallest absolute Gasteiger partial charge is 0.286 e. The summed E-state index contributed by atoms with van der Waals surface area (Å²) in [4.78, 5) is 29.6. The maximum absolute atomic E-state index is 14.7. The number of hydrogen-bond acceptors (Lipinski definition) is 8. The minimum Gasteiger partial charge on any atom is -0.491 e. The first-order chi connectivity index (χ1) is 24.6. The molecule has 0 spiro atoms. The van der Waals surface area contributed by atoms with E-state index >= 15 is 0 Å². The molecule has 12 heteroatoms. The number of carbonyl (C=O) groups excluding carboxylic acids is 2. The summed E-state index contributed by atoms with van der Waals surface area (Å²) in [5.41, 5.74) is 3.51. The Bertz CT molecular complexity index is 1700. The molecule has 0 aromatic heterocycles. The zero-order valence-corrected chi connectivity index (χ0v) is 31.7. The highest BCUT2D eigenvalue weighted by molar-refractivity contribution is 7.93. The molecule has 2 amide bonds. The second kappa shape index (κ2) is 17.2. The molecule has 2 bridgehead atoms. The second-order valence-electron chi connectivity index (χ2n) is 14.5. The van der Waals surface area contributed by atoms with Crippen LogP contribution in [0, 0.1) is 29.4 Å². The number of anilines is 1. The van der Waals surface area contributed by atoms with Gasteiger partial charge in [-0.2, -0.15) is 0 Å². The number of nitrogens with one attached hydrogen (secondary N) is 1. The Hall–Kier alpha value is -2.96. The average Bonchev–Trinajstić information content (AvgIpc) is 3.14. The number of carbonyl (C=O) groups is 2. The Morgan fingerprint density at radius 1 is 1.06 bits per heavy atom. The third kappa shape index (κ3) is 9.35. The van der Waals surface area contributed by atoms with Gasteiger partial charge in [0, 0.05) is 51.1 Å². The first-order valence-corrected chi connectivity index (χ1v) is 20.4. The quantitative estimate of drug-likeness (QED) is 0.373. The van der Waals surface area contributed by atoms with Gasteiger partial charge in [0.25, 0.3) is 11.8 Å². The summed E-state index contributed by atoms with van der Waals surface area (Å²) >= 11 is 5.56. The number of nitrogens with zero attached hydrogens (tertiary/aromatic N) is 2. The topological polar surface area (TPSA) is 116 Å². The van der Waals surface area contributed by atoms with Crippen molar-refractivity contribution in [3.8, 4) is 5.75 Å². The number of halogens is 1. The van der Waals surface area contributed by atoms with E-state index in [1.165, 1.54) is 11.1 Å². The maximum Gasteiger partial charge on any atom is 0.286 e. The Balaban J connectivity index is 1.40. The van der Waals surface area contributed by atoms with E-state index in [-0.39, 0.29) is 30.3 Å². The van der Waals surface area contributed by atoms with E-state index in [0.717, 1.165) is 49.4 Å². The fourth-order valence-electron chi connectivity index (χ4n) is 7.53. The molecule has 1 aliphatic carbocycles. The highest BCUT2D eigenvalue weighted by Gasteiger charge is 2.38. The lowest BCUT2D eigenvalue weighted by Gasteiger charge is -2.43. The lowest BCUT2D eigenvalue weighted by atomic mass is 9.70. The Morgan fingerprint density at radius 2 is 1.88 bits per heavy atom. The van der Waals surface area contributed by atoms with Crippen LogP contribution in [0.3, 0.4) is 0 Å². The first-order valence-electron chi connectivity index (χ1n) is 18.4. The molecule has 4 aliphatic rings. The zero-order chi connectivity index (χ0) is 36.0. The highest BCUT2D eigenvalue weighted by atomic mass is 35.5. The van der Waals surface area contributed by atoms with E-state index in [4.69, 9.17) is 30.5 Å². The van der Waals surface area contributed by atoms with Crippen LogP contribution in [-0.2, 0) is 41.9 Å². The van der Waals surface area contributed by atoms with Crippen LogP contribution < -0.4 is 14.4 Å². The van der Waals surface area contributed by atoms with Gasteiger partial charge in [0.2, 0.25) is 5.02 Å². The van der Waals surface area contributed by atoms with Crippen molar-refractivity contribution in [1.82, 2.24) is 4.72 Å². The monoisotopic (exact) mass is 742 g/mol. The van der Waals surface area contributed by atoms with Crippen molar-refractivity contribution in [1.29, 1.82) is 0 Å². The van der Waals surface area contributed by atoms with Crippen LogP contribution >= 0.6 is 0 Å². The molecule has 2 fully saturated rings. The third-order valence-corrected chi connectivity index (χ3v) is 13.7. The molecule has 1 N–H and O–H groups in total. The van der Waals surface area contributed by atoms with Crippen LogP contribution in [0.4, 0.5) is 5.69 Å². The minimum absolute atomic E-state index is 0.0714. The van der Waals surface area contributed by atoms with Crippen LogP contribution in [0.2, 0.25) is 5.02 Å². The van der Waals surface area contributed by atoms with Crippen molar-refractivity contribution in [3.63, 3.8) is 0 Å². The average molecular weight is 743 g/mol. The van der Waals surface area contributed by atoms with Gasteiger partial charge in [-0.15, -0.1) is 4.36 Å². The van der Waals surface area contributed by atoms with Crippen LogP contribution in [0.5, 0.6) is 5.75 Å². The first kappa shape index (κ1) is 37.8. The molecule has 3 aliphatic heterocycles. The Morgan fingerprint density at radius 3 is 2.65 bits per heavy atom. The number of amides is 2. The molecule has 1 saturated heterocycles. The predicted octanol–water partition coefficient (Wildman–Crippen LogP) is 5.97. The molecule has 6 atom stereocenters. The molecule has 6 rings (SSSR count). The number of hydrogen-bond donors (Lipinski definition) is 1. The van der Waals surface area contributed by atoms with Crippen LogP contribution in [-0.4, -0.2) is 73.6 Å². The molecule has 51 heavy (non-hydrogen) atoms. The van der Waals surface area contributed by atoms with E-state index in [2.05, 4.69) is 38.3 Å². The lowest BCUT2D eigenvalue weighted by Crippen LogP contribution is -2.43. The number of benzene rings is 2. The van der Waals surface area contributed by atoms with Gasteiger partial charge in [-0.3, -0.25) is 14.3 Å². The van der Waals surface area contributed by atoms with Crippen molar-refractivity contribution in [2.75, 3.05) is 45.0 Å². The lowest BCUT2D eigenvalue weighted by molar-refractivity contribution is -0.289. The predicted molar refractivity (Wildman–Crippen MR) is 195 cm³/mol. The zero-order valence-electron chi connectivity index (χ0n) is 30.1. The number of aryl methyl sites for hydroxylation is 1. The summed E-state index contributed by atoms with van der Waals surface area (Å²) < 4.78 is 45.4. The normalized spacial score (nSPS) is 29.9. The highest BCUT2D eigenvalue weighted by Crippen LogP contribution is 2.42. The molecule has 1 saturated carbocycles. The number of fused-ring (bicyclic) bond motifs is 3. The van der Waals surface area contributed by atoms with Crippen LogP contribution in [0.1, 0.15) is 80.3 Å². The van der Waals surface area contributed by atoms with E-state index in [1.54, 1.807) is 20.1 Å². The minimum atomic E-state index is -3.58. The summed E-state index contributed by atoms with van der Waals surface area (Å²) in [6.07, 6.45) is 10.9.